The van der Waals surface area contributed by atoms with Crippen molar-refractivity contribution in [1.29, 1.82) is 0 Å². The number of amides is 1. The van der Waals surface area contributed by atoms with Crippen molar-refractivity contribution in [2.24, 2.45) is 11.8 Å². The number of carbonyl (C=O) groups excluding carboxylic acids is 1. The first kappa shape index (κ1) is 18.5. The monoisotopic (exact) mass is 364 g/mol. The van der Waals surface area contributed by atoms with Gasteiger partial charge in [0.25, 0.3) is 0 Å². The second kappa shape index (κ2) is 7.27. The zero-order valence-electron chi connectivity index (χ0n) is 16.7. The lowest BCUT2D eigenvalue weighted by molar-refractivity contribution is -0.119. The second-order valence-corrected chi connectivity index (χ2v) is 8.80. The molecule has 4 rings (SSSR count). The van der Waals surface area contributed by atoms with Gasteiger partial charge in [-0.25, -0.2) is 0 Å². The molecule has 144 valence electrons. The van der Waals surface area contributed by atoms with Gasteiger partial charge in [0.2, 0.25) is 5.91 Å². The molecule has 2 fully saturated rings. The summed E-state index contributed by atoms with van der Waals surface area (Å²) in [6, 6.07) is 8.94. The van der Waals surface area contributed by atoms with Crippen LogP contribution in [0.2, 0.25) is 0 Å². The van der Waals surface area contributed by atoms with Crippen molar-refractivity contribution in [3.8, 4) is 0 Å². The summed E-state index contributed by atoms with van der Waals surface area (Å²) in [5.41, 5.74) is 4.46. The molecule has 1 heterocycles. The summed E-state index contributed by atoms with van der Waals surface area (Å²) in [6.45, 7) is 11.5. The zero-order valence-corrected chi connectivity index (χ0v) is 16.7. The van der Waals surface area contributed by atoms with Crippen LogP contribution in [0.1, 0.15) is 56.7 Å². The molecule has 1 amide bonds. The van der Waals surface area contributed by atoms with Crippen molar-refractivity contribution in [3.63, 3.8) is 0 Å². The Morgan fingerprint density at radius 2 is 2.07 bits per heavy atom. The lowest BCUT2D eigenvalue weighted by atomic mass is 9.68. The van der Waals surface area contributed by atoms with E-state index in [1.165, 1.54) is 42.5 Å². The second-order valence-electron chi connectivity index (χ2n) is 8.80. The van der Waals surface area contributed by atoms with E-state index in [1.54, 1.807) is 6.92 Å². The highest BCUT2D eigenvalue weighted by molar-refractivity contribution is 5.73. The van der Waals surface area contributed by atoms with E-state index in [0.29, 0.717) is 5.92 Å². The number of benzene rings is 1. The molecule has 3 unspecified atom stereocenters. The van der Waals surface area contributed by atoms with Crippen LogP contribution in [0.25, 0.3) is 0 Å². The van der Waals surface area contributed by atoms with Crippen LogP contribution in [0.4, 0.5) is 0 Å². The molecule has 27 heavy (non-hydrogen) atoms. The van der Waals surface area contributed by atoms with Crippen LogP contribution in [0.15, 0.2) is 48.6 Å². The molecule has 0 radical (unpaired) electrons. The molecule has 1 aliphatic heterocycles. The van der Waals surface area contributed by atoms with Gasteiger partial charge < -0.3 is 10.2 Å². The predicted molar refractivity (Wildman–Crippen MR) is 111 cm³/mol. The topological polar surface area (TPSA) is 32.3 Å². The molecule has 1 aromatic rings. The van der Waals surface area contributed by atoms with Gasteiger partial charge in [-0.05, 0) is 62.7 Å². The van der Waals surface area contributed by atoms with Gasteiger partial charge in [-0.15, -0.1) is 0 Å². The fourth-order valence-corrected chi connectivity index (χ4v) is 5.69. The molecule has 3 aliphatic rings. The van der Waals surface area contributed by atoms with E-state index in [4.69, 9.17) is 0 Å². The van der Waals surface area contributed by atoms with Crippen LogP contribution in [0.5, 0.6) is 0 Å². The Morgan fingerprint density at radius 3 is 2.74 bits per heavy atom. The lowest BCUT2D eigenvalue weighted by Crippen LogP contribution is -2.46. The molecule has 3 nitrogen and oxygen atoms in total. The molecular formula is C24H32N2O. The van der Waals surface area contributed by atoms with E-state index >= 15 is 0 Å². The summed E-state index contributed by atoms with van der Waals surface area (Å²) in [7, 11) is 0. The largest absolute Gasteiger partial charge is 0.349 e. The predicted octanol–water partition coefficient (Wildman–Crippen LogP) is 4.37. The quantitative estimate of drug-likeness (QED) is 0.805. The number of piperidine rings is 1. The van der Waals surface area contributed by atoms with Crippen molar-refractivity contribution in [2.45, 2.75) is 51.0 Å². The Bertz CT molecular complexity index is 757. The third-order valence-electron chi connectivity index (χ3n) is 7.09. The molecule has 1 saturated heterocycles. The van der Waals surface area contributed by atoms with Crippen LogP contribution >= 0.6 is 0 Å². The van der Waals surface area contributed by atoms with Crippen molar-refractivity contribution in [3.05, 3.63) is 59.7 Å². The first-order chi connectivity index (χ1) is 13.0. The average molecular weight is 365 g/mol. The summed E-state index contributed by atoms with van der Waals surface area (Å²) in [6.07, 6.45) is 9.13. The SMILES string of the molecule is C=C1CC(CN2CCC3(CC2)CC(NC(C)=O)c2ccccc23)C1/C=C\C. The molecule has 0 aromatic heterocycles. The standard InChI is InChI=1S/C24H32N2O/c1-4-7-20-17(2)14-19(20)16-26-12-10-24(11-13-26)15-23(25-18(3)27)21-8-5-6-9-22(21)24/h4-9,19-20,23H,2,10-16H2,1,3H3,(H,25,27)/b7-4-. The van der Waals surface area contributed by atoms with E-state index < -0.39 is 0 Å². The number of likely N-dealkylation sites (tertiary alicyclic amines) is 1. The van der Waals surface area contributed by atoms with Crippen molar-refractivity contribution in [1.82, 2.24) is 10.2 Å². The number of carbonyl (C=O) groups is 1. The highest BCUT2D eigenvalue weighted by Crippen LogP contribution is 2.51. The zero-order chi connectivity index (χ0) is 19.0. The molecule has 3 heteroatoms. The number of hydrogen-bond donors (Lipinski definition) is 1. The van der Waals surface area contributed by atoms with E-state index in [9.17, 15) is 4.79 Å². The Kier molecular flexibility index (Phi) is 4.98. The molecule has 1 N–H and O–H groups in total. The van der Waals surface area contributed by atoms with Gasteiger partial charge in [-0.2, -0.15) is 0 Å². The number of nitrogens with one attached hydrogen (secondary N) is 1. The Hall–Kier alpha value is -1.87. The normalized spacial score (nSPS) is 29.7. The van der Waals surface area contributed by atoms with Gasteiger partial charge >= 0.3 is 0 Å². The van der Waals surface area contributed by atoms with Crippen molar-refractivity contribution >= 4 is 5.91 Å². The summed E-state index contributed by atoms with van der Waals surface area (Å²) >= 11 is 0. The van der Waals surface area contributed by atoms with Gasteiger partial charge in [-0.3, -0.25) is 4.79 Å². The third-order valence-corrected chi connectivity index (χ3v) is 7.09. The minimum absolute atomic E-state index is 0.0736. The average Bonchev–Trinajstić information content (AvgIpc) is 2.94. The number of nitrogens with zero attached hydrogens (tertiary/aromatic N) is 1. The fourth-order valence-electron chi connectivity index (χ4n) is 5.69. The molecule has 3 atom stereocenters. The van der Waals surface area contributed by atoms with Crippen LogP contribution in [-0.4, -0.2) is 30.4 Å². The van der Waals surface area contributed by atoms with Crippen LogP contribution in [0, 0.1) is 11.8 Å². The van der Waals surface area contributed by atoms with Gasteiger partial charge in [0.05, 0.1) is 6.04 Å². The molecule has 1 saturated carbocycles. The van der Waals surface area contributed by atoms with E-state index in [0.717, 1.165) is 25.4 Å². The van der Waals surface area contributed by atoms with Crippen LogP contribution in [-0.2, 0) is 10.2 Å². The lowest BCUT2D eigenvalue weighted by Gasteiger charge is -2.45. The van der Waals surface area contributed by atoms with Gasteiger partial charge in [0.15, 0.2) is 0 Å². The first-order valence-electron chi connectivity index (χ1n) is 10.4. The van der Waals surface area contributed by atoms with Gasteiger partial charge in [-0.1, -0.05) is 48.6 Å². The Labute approximate surface area is 163 Å². The fraction of sp³-hybridized carbons (Fsp3) is 0.542. The van der Waals surface area contributed by atoms with E-state index in [1.807, 2.05) is 0 Å². The molecule has 0 bridgehead atoms. The number of rotatable bonds is 4. The van der Waals surface area contributed by atoms with E-state index in [-0.39, 0.29) is 17.4 Å². The summed E-state index contributed by atoms with van der Waals surface area (Å²) in [5.74, 6) is 1.40. The Morgan fingerprint density at radius 1 is 1.33 bits per heavy atom. The summed E-state index contributed by atoms with van der Waals surface area (Å²) in [4.78, 5) is 14.3. The first-order valence-corrected chi connectivity index (χ1v) is 10.4. The van der Waals surface area contributed by atoms with Crippen LogP contribution in [0.3, 0.4) is 0 Å². The van der Waals surface area contributed by atoms with Crippen molar-refractivity contribution < 1.29 is 4.79 Å². The van der Waals surface area contributed by atoms with E-state index in [2.05, 4.69) is 60.1 Å². The summed E-state index contributed by atoms with van der Waals surface area (Å²) < 4.78 is 0. The maximum Gasteiger partial charge on any atom is 0.217 e. The summed E-state index contributed by atoms with van der Waals surface area (Å²) in [5, 5.41) is 3.19. The third kappa shape index (κ3) is 3.38. The maximum absolute atomic E-state index is 11.7. The molecular weight excluding hydrogens is 332 g/mol. The van der Waals surface area contributed by atoms with Gasteiger partial charge in [0.1, 0.15) is 0 Å². The van der Waals surface area contributed by atoms with Gasteiger partial charge in [0, 0.05) is 24.8 Å². The maximum atomic E-state index is 11.7. The number of hydrogen-bond acceptors (Lipinski definition) is 2. The number of fused-ring (bicyclic) bond motifs is 2. The molecule has 1 aromatic carbocycles. The highest BCUT2D eigenvalue weighted by atomic mass is 16.1. The minimum atomic E-state index is 0.0736. The number of allylic oxidation sites excluding steroid dienone is 3. The van der Waals surface area contributed by atoms with Crippen LogP contribution < -0.4 is 5.32 Å². The van der Waals surface area contributed by atoms with Crippen molar-refractivity contribution in [2.75, 3.05) is 19.6 Å². The smallest absolute Gasteiger partial charge is 0.217 e. The minimum Gasteiger partial charge on any atom is -0.349 e. The molecule has 1 spiro atoms. The molecule has 2 aliphatic carbocycles. The Balaban J connectivity index is 1.43. The highest BCUT2D eigenvalue weighted by Gasteiger charge is 2.46.